The Hall–Kier alpha value is -0.910. The quantitative estimate of drug-likeness (QED) is 0.875. The number of pyridine rings is 1. The minimum atomic E-state index is 0.450. The fourth-order valence-electron chi connectivity index (χ4n) is 1.35. The van der Waals surface area contributed by atoms with Crippen molar-refractivity contribution in [1.82, 2.24) is 14.8 Å². The Bertz CT molecular complexity index is 501. The molecule has 4 nitrogen and oxygen atoms in total. The molecule has 0 aliphatic carbocycles. The summed E-state index contributed by atoms with van der Waals surface area (Å²) in [5.41, 5.74) is 0.884. The first kappa shape index (κ1) is 11.6. The van der Waals surface area contributed by atoms with Crippen LogP contribution < -0.4 is 0 Å². The van der Waals surface area contributed by atoms with E-state index in [-0.39, 0.29) is 0 Å². The predicted molar refractivity (Wildman–Crippen MR) is 64.8 cm³/mol. The third kappa shape index (κ3) is 2.26. The summed E-state index contributed by atoms with van der Waals surface area (Å²) in [4.78, 5) is 4.20. The molecule has 0 spiro atoms. The van der Waals surface area contributed by atoms with Crippen molar-refractivity contribution in [2.75, 3.05) is 7.11 Å². The van der Waals surface area contributed by atoms with Gasteiger partial charge in [0.25, 0.3) is 0 Å². The van der Waals surface area contributed by atoms with Crippen molar-refractivity contribution in [1.29, 1.82) is 0 Å². The molecule has 0 saturated carbocycles. The molecule has 16 heavy (non-hydrogen) atoms. The molecule has 0 saturated heterocycles. The van der Waals surface area contributed by atoms with Crippen LogP contribution in [-0.4, -0.2) is 21.9 Å². The van der Waals surface area contributed by atoms with Crippen LogP contribution in [0.5, 0.6) is 0 Å². The minimum absolute atomic E-state index is 0.450. The van der Waals surface area contributed by atoms with E-state index in [1.807, 2.05) is 6.07 Å². The molecule has 2 aromatic heterocycles. The maximum Gasteiger partial charge on any atom is 0.172 e. The standard InChI is InChI=1S/C10H9BrClN3O/c1-16-6-7-5-9(11)14-15(7)10-8(12)3-2-4-13-10/h2-5H,6H2,1H3. The van der Waals surface area contributed by atoms with Gasteiger partial charge >= 0.3 is 0 Å². The van der Waals surface area contributed by atoms with E-state index >= 15 is 0 Å². The molecule has 2 aromatic rings. The lowest BCUT2D eigenvalue weighted by atomic mass is 10.4. The van der Waals surface area contributed by atoms with E-state index in [0.29, 0.717) is 17.4 Å². The molecule has 0 atom stereocenters. The largest absolute Gasteiger partial charge is 0.378 e. The lowest BCUT2D eigenvalue weighted by Gasteiger charge is -2.06. The summed E-state index contributed by atoms with van der Waals surface area (Å²) >= 11 is 9.38. The van der Waals surface area contributed by atoms with Gasteiger partial charge < -0.3 is 4.74 Å². The second-order valence-electron chi connectivity index (χ2n) is 3.11. The van der Waals surface area contributed by atoms with Gasteiger partial charge in [0.05, 0.1) is 17.3 Å². The minimum Gasteiger partial charge on any atom is -0.378 e. The van der Waals surface area contributed by atoms with Gasteiger partial charge in [-0.3, -0.25) is 0 Å². The zero-order valence-electron chi connectivity index (χ0n) is 8.52. The monoisotopic (exact) mass is 301 g/mol. The first-order chi connectivity index (χ1) is 7.72. The van der Waals surface area contributed by atoms with Crippen LogP contribution in [0, 0.1) is 0 Å². The highest BCUT2D eigenvalue weighted by Crippen LogP contribution is 2.21. The molecule has 84 valence electrons. The van der Waals surface area contributed by atoms with Gasteiger partial charge in [-0.05, 0) is 34.1 Å². The first-order valence-electron chi connectivity index (χ1n) is 4.56. The SMILES string of the molecule is COCc1cc(Br)nn1-c1ncccc1Cl. The first-order valence-corrected chi connectivity index (χ1v) is 5.73. The van der Waals surface area contributed by atoms with Crippen LogP contribution in [0.15, 0.2) is 29.0 Å². The molecule has 2 rings (SSSR count). The van der Waals surface area contributed by atoms with Crippen LogP contribution in [0.3, 0.4) is 0 Å². The molecule has 0 aliphatic heterocycles. The van der Waals surface area contributed by atoms with E-state index in [0.717, 1.165) is 10.3 Å². The van der Waals surface area contributed by atoms with Crippen molar-refractivity contribution in [3.05, 3.63) is 39.7 Å². The third-order valence-corrected chi connectivity index (χ3v) is 2.67. The van der Waals surface area contributed by atoms with Crippen molar-refractivity contribution in [2.24, 2.45) is 0 Å². The average Bonchev–Trinajstić information content (AvgIpc) is 2.61. The molecular formula is C10H9BrClN3O. The Morgan fingerprint density at radius 2 is 2.38 bits per heavy atom. The summed E-state index contributed by atoms with van der Waals surface area (Å²) in [5.74, 6) is 0.599. The molecule has 2 heterocycles. The molecule has 0 N–H and O–H groups in total. The number of halogens is 2. The lowest BCUT2D eigenvalue weighted by Crippen LogP contribution is -2.05. The third-order valence-electron chi connectivity index (χ3n) is 1.99. The molecule has 6 heteroatoms. The molecular weight excluding hydrogens is 293 g/mol. The molecule has 0 bridgehead atoms. The zero-order chi connectivity index (χ0) is 11.5. The van der Waals surface area contributed by atoms with E-state index in [2.05, 4.69) is 26.0 Å². The average molecular weight is 303 g/mol. The van der Waals surface area contributed by atoms with E-state index in [1.54, 1.807) is 30.1 Å². The molecule has 0 aromatic carbocycles. The van der Waals surface area contributed by atoms with Crippen LogP contribution in [0.4, 0.5) is 0 Å². The summed E-state index contributed by atoms with van der Waals surface area (Å²) in [6, 6.07) is 5.42. The van der Waals surface area contributed by atoms with Gasteiger partial charge in [-0.15, -0.1) is 0 Å². The second kappa shape index (κ2) is 4.95. The fraction of sp³-hybridized carbons (Fsp3) is 0.200. The summed E-state index contributed by atoms with van der Waals surface area (Å²) in [6.07, 6.45) is 1.67. The smallest absolute Gasteiger partial charge is 0.172 e. The zero-order valence-corrected chi connectivity index (χ0v) is 10.9. The van der Waals surface area contributed by atoms with Gasteiger partial charge in [0.15, 0.2) is 5.82 Å². The number of rotatable bonds is 3. The van der Waals surface area contributed by atoms with E-state index < -0.39 is 0 Å². The van der Waals surface area contributed by atoms with Crippen LogP contribution >= 0.6 is 27.5 Å². The maximum absolute atomic E-state index is 6.06. The number of ether oxygens (including phenoxy) is 1. The van der Waals surface area contributed by atoms with Gasteiger partial charge in [-0.2, -0.15) is 5.10 Å². The molecule has 0 radical (unpaired) electrons. The Morgan fingerprint density at radius 3 is 3.06 bits per heavy atom. The topological polar surface area (TPSA) is 39.9 Å². The van der Waals surface area contributed by atoms with E-state index in [9.17, 15) is 0 Å². The number of nitrogens with zero attached hydrogens (tertiary/aromatic N) is 3. The maximum atomic E-state index is 6.06. The molecule has 0 amide bonds. The number of hydrogen-bond donors (Lipinski definition) is 0. The highest BCUT2D eigenvalue weighted by atomic mass is 79.9. The Morgan fingerprint density at radius 1 is 1.56 bits per heavy atom. The number of aromatic nitrogens is 3. The normalized spacial score (nSPS) is 10.7. The van der Waals surface area contributed by atoms with Crippen LogP contribution in [0.25, 0.3) is 5.82 Å². The molecule has 0 aliphatic rings. The van der Waals surface area contributed by atoms with Gasteiger partial charge in [0.1, 0.15) is 4.60 Å². The van der Waals surface area contributed by atoms with Gasteiger partial charge in [0, 0.05) is 13.3 Å². The van der Waals surface area contributed by atoms with Crippen molar-refractivity contribution in [3.8, 4) is 5.82 Å². The van der Waals surface area contributed by atoms with Crippen molar-refractivity contribution >= 4 is 27.5 Å². The molecule has 0 unspecified atom stereocenters. The van der Waals surface area contributed by atoms with E-state index in [1.165, 1.54) is 0 Å². The van der Waals surface area contributed by atoms with Crippen molar-refractivity contribution < 1.29 is 4.74 Å². The summed E-state index contributed by atoms with van der Waals surface area (Å²) < 4.78 is 7.48. The van der Waals surface area contributed by atoms with Crippen molar-refractivity contribution in [2.45, 2.75) is 6.61 Å². The predicted octanol–water partition coefficient (Wildman–Crippen LogP) is 2.83. The van der Waals surface area contributed by atoms with E-state index in [4.69, 9.17) is 16.3 Å². The van der Waals surface area contributed by atoms with Crippen LogP contribution in [0.1, 0.15) is 5.69 Å². The highest BCUT2D eigenvalue weighted by molar-refractivity contribution is 9.10. The lowest BCUT2D eigenvalue weighted by molar-refractivity contribution is 0.179. The number of methoxy groups -OCH3 is 1. The Labute approximate surface area is 106 Å². The fourth-order valence-corrected chi connectivity index (χ4v) is 1.98. The van der Waals surface area contributed by atoms with Gasteiger partial charge in [-0.25, -0.2) is 9.67 Å². The van der Waals surface area contributed by atoms with Crippen LogP contribution in [0.2, 0.25) is 5.02 Å². The van der Waals surface area contributed by atoms with Gasteiger partial charge in [-0.1, -0.05) is 11.6 Å². The summed E-state index contributed by atoms with van der Waals surface area (Å²) in [6.45, 7) is 0.450. The Balaban J connectivity index is 2.51. The second-order valence-corrected chi connectivity index (χ2v) is 4.33. The molecule has 0 fully saturated rings. The van der Waals surface area contributed by atoms with Gasteiger partial charge in [0.2, 0.25) is 0 Å². The van der Waals surface area contributed by atoms with Crippen molar-refractivity contribution in [3.63, 3.8) is 0 Å². The number of hydrogen-bond acceptors (Lipinski definition) is 3. The van der Waals surface area contributed by atoms with Crippen LogP contribution in [-0.2, 0) is 11.3 Å². The summed E-state index contributed by atoms with van der Waals surface area (Å²) in [7, 11) is 1.63. The summed E-state index contributed by atoms with van der Waals surface area (Å²) in [5, 5.41) is 4.82. The Kier molecular flexibility index (Phi) is 3.58. The highest BCUT2D eigenvalue weighted by Gasteiger charge is 2.11.